The number of rotatable bonds is 1. The quantitative estimate of drug-likeness (QED) is 0.771. The molecule has 2 aliphatic heterocycles. The van der Waals surface area contributed by atoms with E-state index in [0.29, 0.717) is 17.6 Å². The van der Waals surface area contributed by atoms with Gasteiger partial charge in [0.25, 0.3) is 0 Å². The van der Waals surface area contributed by atoms with Gasteiger partial charge in [-0.1, -0.05) is 6.07 Å². The molecule has 1 nitrogen and oxygen atoms in total. The largest absolute Gasteiger partial charge is 0.311 e. The molecule has 2 aliphatic rings. The van der Waals surface area contributed by atoms with Gasteiger partial charge in [0, 0.05) is 17.6 Å². The summed E-state index contributed by atoms with van der Waals surface area (Å²) in [5, 5.41) is 3.48. The fourth-order valence-corrected chi connectivity index (χ4v) is 3.19. The van der Waals surface area contributed by atoms with E-state index in [0.717, 1.165) is 25.7 Å². The van der Waals surface area contributed by atoms with Crippen LogP contribution >= 0.6 is 0 Å². The molecule has 0 unspecified atom stereocenters. The Hall–Kier alpha value is -0.960. The van der Waals surface area contributed by atoms with Gasteiger partial charge in [-0.3, -0.25) is 0 Å². The smallest absolute Gasteiger partial charge is 0.129 e. The summed E-state index contributed by atoms with van der Waals surface area (Å²) >= 11 is 0. The Bertz CT molecular complexity index is 373. The molecule has 2 heterocycles. The molecule has 16 heavy (non-hydrogen) atoms. The first kappa shape index (κ1) is 10.2. The molecule has 2 fully saturated rings. The summed E-state index contributed by atoms with van der Waals surface area (Å²) in [6.07, 6.45) is 4.04. The van der Waals surface area contributed by atoms with E-state index in [1.807, 2.05) is 0 Å². The van der Waals surface area contributed by atoms with E-state index in [-0.39, 0.29) is 17.6 Å². The van der Waals surface area contributed by atoms with Crippen LogP contribution in [-0.4, -0.2) is 12.1 Å². The summed E-state index contributed by atoms with van der Waals surface area (Å²) in [6, 6.07) is 5.08. The van der Waals surface area contributed by atoms with Crippen LogP contribution in [0.3, 0.4) is 0 Å². The molecule has 3 heteroatoms. The van der Waals surface area contributed by atoms with Crippen molar-refractivity contribution in [2.75, 3.05) is 0 Å². The maximum absolute atomic E-state index is 13.6. The number of halogens is 2. The van der Waals surface area contributed by atoms with Crippen LogP contribution in [-0.2, 0) is 0 Å². The lowest BCUT2D eigenvalue weighted by Crippen LogP contribution is -2.37. The van der Waals surface area contributed by atoms with Gasteiger partial charge in [0.1, 0.15) is 11.6 Å². The second-order valence-corrected chi connectivity index (χ2v) is 4.94. The van der Waals surface area contributed by atoms with Crippen LogP contribution in [0.2, 0.25) is 0 Å². The Morgan fingerprint density at radius 2 is 1.56 bits per heavy atom. The molecule has 3 atom stereocenters. The van der Waals surface area contributed by atoms with Crippen molar-refractivity contribution in [3.63, 3.8) is 0 Å². The molecule has 2 bridgehead atoms. The Kier molecular flexibility index (Phi) is 2.43. The molecule has 1 aromatic rings. The Labute approximate surface area is 93.9 Å². The van der Waals surface area contributed by atoms with Crippen LogP contribution < -0.4 is 5.32 Å². The molecule has 1 aromatic carbocycles. The standard InChI is InChI=1S/C13H15F2N/c14-11-2-1-3-12(15)13(11)8-6-9-4-5-10(7-8)16-9/h1-3,8-10,16H,4-7H2/t8-,9+,10-. The van der Waals surface area contributed by atoms with Crippen molar-refractivity contribution in [3.8, 4) is 0 Å². The predicted octanol–water partition coefficient (Wildman–Crippen LogP) is 2.96. The summed E-state index contributed by atoms with van der Waals surface area (Å²) in [4.78, 5) is 0. The molecule has 0 radical (unpaired) electrons. The van der Waals surface area contributed by atoms with Gasteiger partial charge in [-0.25, -0.2) is 8.78 Å². The third kappa shape index (κ3) is 1.63. The van der Waals surface area contributed by atoms with Crippen molar-refractivity contribution in [1.29, 1.82) is 0 Å². The minimum absolute atomic E-state index is 0.0555. The number of hydrogen-bond acceptors (Lipinski definition) is 1. The van der Waals surface area contributed by atoms with Gasteiger partial charge in [-0.05, 0) is 43.7 Å². The lowest BCUT2D eigenvalue weighted by atomic mass is 9.85. The van der Waals surface area contributed by atoms with Crippen LogP contribution in [0.25, 0.3) is 0 Å². The number of fused-ring (bicyclic) bond motifs is 2. The molecule has 1 N–H and O–H groups in total. The zero-order valence-corrected chi connectivity index (χ0v) is 9.05. The van der Waals surface area contributed by atoms with Crippen LogP contribution in [0.1, 0.15) is 37.2 Å². The highest BCUT2D eigenvalue weighted by molar-refractivity contribution is 5.25. The van der Waals surface area contributed by atoms with Gasteiger partial charge < -0.3 is 5.32 Å². The van der Waals surface area contributed by atoms with E-state index < -0.39 is 0 Å². The average molecular weight is 223 g/mol. The van der Waals surface area contributed by atoms with E-state index in [4.69, 9.17) is 0 Å². The van der Waals surface area contributed by atoms with E-state index in [1.165, 1.54) is 18.2 Å². The Morgan fingerprint density at radius 1 is 1.00 bits per heavy atom. The lowest BCUT2D eigenvalue weighted by molar-refractivity contribution is 0.348. The zero-order chi connectivity index (χ0) is 11.1. The van der Waals surface area contributed by atoms with Gasteiger partial charge in [-0.15, -0.1) is 0 Å². The van der Waals surface area contributed by atoms with Crippen molar-refractivity contribution in [3.05, 3.63) is 35.4 Å². The fraction of sp³-hybridized carbons (Fsp3) is 0.538. The van der Waals surface area contributed by atoms with Gasteiger partial charge in [0.15, 0.2) is 0 Å². The lowest BCUT2D eigenvalue weighted by Gasteiger charge is -2.29. The first-order chi connectivity index (χ1) is 7.74. The summed E-state index contributed by atoms with van der Waals surface area (Å²) in [5.41, 5.74) is 0.306. The summed E-state index contributed by atoms with van der Waals surface area (Å²) in [7, 11) is 0. The Balaban J connectivity index is 1.92. The Morgan fingerprint density at radius 3 is 2.12 bits per heavy atom. The van der Waals surface area contributed by atoms with E-state index >= 15 is 0 Å². The second kappa shape index (κ2) is 3.81. The molecular formula is C13H15F2N. The number of hydrogen-bond donors (Lipinski definition) is 1. The van der Waals surface area contributed by atoms with E-state index in [1.54, 1.807) is 0 Å². The highest BCUT2D eigenvalue weighted by Crippen LogP contribution is 2.38. The number of piperidine rings is 1. The SMILES string of the molecule is Fc1cccc(F)c1[C@H]1C[C@H]2CC[C@@H](C1)N2. The number of benzene rings is 1. The van der Waals surface area contributed by atoms with Crippen LogP contribution in [0.15, 0.2) is 18.2 Å². The minimum atomic E-state index is -0.383. The van der Waals surface area contributed by atoms with Crippen molar-refractivity contribution >= 4 is 0 Å². The van der Waals surface area contributed by atoms with Gasteiger partial charge in [0.05, 0.1) is 0 Å². The van der Waals surface area contributed by atoms with Gasteiger partial charge in [0.2, 0.25) is 0 Å². The van der Waals surface area contributed by atoms with Crippen LogP contribution in [0.5, 0.6) is 0 Å². The molecular weight excluding hydrogens is 208 g/mol. The van der Waals surface area contributed by atoms with Crippen LogP contribution in [0.4, 0.5) is 8.78 Å². The molecule has 0 spiro atoms. The summed E-state index contributed by atoms with van der Waals surface area (Å²) < 4.78 is 27.3. The summed E-state index contributed by atoms with van der Waals surface area (Å²) in [5.74, 6) is -0.711. The predicted molar refractivity (Wildman–Crippen MR) is 58.3 cm³/mol. The third-order valence-electron chi connectivity index (χ3n) is 3.88. The highest BCUT2D eigenvalue weighted by atomic mass is 19.1. The van der Waals surface area contributed by atoms with Crippen molar-refractivity contribution in [2.24, 2.45) is 0 Å². The summed E-state index contributed by atoms with van der Waals surface area (Å²) in [6.45, 7) is 0. The zero-order valence-electron chi connectivity index (χ0n) is 9.05. The molecule has 0 saturated carbocycles. The maximum atomic E-state index is 13.6. The molecule has 3 rings (SSSR count). The minimum Gasteiger partial charge on any atom is -0.311 e. The van der Waals surface area contributed by atoms with Gasteiger partial charge >= 0.3 is 0 Å². The molecule has 0 aliphatic carbocycles. The van der Waals surface area contributed by atoms with Crippen LogP contribution in [0, 0.1) is 11.6 Å². The van der Waals surface area contributed by atoms with Gasteiger partial charge in [-0.2, -0.15) is 0 Å². The second-order valence-electron chi connectivity index (χ2n) is 4.94. The molecule has 0 amide bonds. The highest BCUT2D eigenvalue weighted by Gasteiger charge is 2.36. The average Bonchev–Trinajstić information content (AvgIpc) is 2.58. The maximum Gasteiger partial charge on any atom is 0.129 e. The fourth-order valence-electron chi connectivity index (χ4n) is 3.19. The molecule has 0 aromatic heterocycles. The monoisotopic (exact) mass is 223 g/mol. The van der Waals surface area contributed by atoms with Crippen molar-refractivity contribution in [2.45, 2.75) is 43.7 Å². The number of nitrogens with one attached hydrogen (secondary N) is 1. The topological polar surface area (TPSA) is 12.0 Å². The third-order valence-corrected chi connectivity index (χ3v) is 3.88. The molecule has 2 saturated heterocycles. The first-order valence-corrected chi connectivity index (χ1v) is 5.94. The van der Waals surface area contributed by atoms with E-state index in [9.17, 15) is 8.78 Å². The molecule has 86 valence electrons. The van der Waals surface area contributed by atoms with E-state index in [2.05, 4.69) is 5.32 Å². The van der Waals surface area contributed by atoms with Crippen molar-refractivity contribution < 1.29 is 8.78 Å². The van der Waals surface area contributed by atoms with Crippen molar-refractivity contribution in [1.82, 2.24) is 5.32 Å². The normalized spacial score (nSPS) is 33.0. The first-order valence-electron chi connectivity index (χ1n) is 5.94.